The van der Waals surface area contributed by atoms with E-state index in [0.717, 1.165) is 37.7 Å². The van der Waals surface area contributed by atoms with E-state index < -0.39 is 0 Å². The molecule has 1 saturated carbocycles. The third-order valence-electron chi connectivity index (χ3n) is 4.50. The molecule has 0 atom stereocenters. The highest BCUT2D eigenvalue weighted by molar-refractivity contribution is 5.97. The van der Waals surface area contributed by atoms with Crippen molar-refractivity contribution in [3.63, 3.8) is 0 Å². The van der Waals surface area contributed by atoms with Gasteiger partial charge in [0.25, 0.3) is 0 Å². The molecule has 1 fully saturated rings. The molecule has 0 aliphatic heterocycles. The van der Waals surface area contributed by atoms with Gasteiger partial charge in [-0.1, -0.05) is 43.1 Å². The predicted molar refractivity (Wildman–Crippen MR) is 82.0 cm³/mol. The highest BCUT2D eigenvalue weighted by atomic mass is 16.4. The van der Waals surface area contributed by atoms with Crippen LogP contribution in [0, 0.1) is 5.41 Å². The maximum atomic E-state index is 12.4. The number of nitrogens with zero attached hydrogens (tertiary/aromatic N) is 1. The number of nitrogens with two attached hydrogens (primary N) is 1. The SMILES string of the molecule is CCC1(C(=O)NCc2cccc(/C(N)=N/O)c2)CCCC1. The van der Waals surface area contributed by atoms with Gasteiger partial charge in [0.15, 0.2) is 5.84 Å². The number of nitrogens with one attached hydrogen (secondary N) is 1. The average molecular weight is 289 g/mol. The second kappa shape index (κ2) is 6.61. The Morgan fingerprint density at radius 1 is 1.43 bits per heavy atom. The van der Waals surface area contributed by atoms with E-state index in [2.05, 4.69) is 17.4 Å². The molecule has 0 aromatic heterocycles. The predicted octanol–water partition coefficient (Wildman–Crippen LogP) is 2.37. The van der Waals surface area contributed by atoms with Gasteiger partial charge >= 0.3 is 0 Å². The molecule has 0 spiro atoms. The van der Waals surface area contributed by atoms with Crippen molar-refractivity contribution in [1.29, 1.82) is 0 Å². The van der Waals surface area contributed by atoms with E-state index in [0.29, 0.717) is 12.1 Å². The minimum atomic E-state index is -0.177. The summed E-state index contributed by atoms with van der Waals surface area (Å²) in [5, 5.41) is 14.7. The van der Waals surface area contributed by atoms with Crippen LogP contribution in [0.15, 0.2) is 29.4 Å². The topological polar surface area (TPSA) is 87.7 Å². The lowest BCUT2D eigenvalue weighted by Crippen LogP contribution is -2.38. The van der Waals surface area contributed by atoms with Gasteiger partial charge in [-0.2, -0.15) is 0 Å². The van der Waals surface area contributed by atoms with Crippen molar-refractivity contribution in [2.24, 2.45) is 16.3 Å². The van der Waals surface area contributed by atoms with Gasteiger partial charge < -0.3 is 16.3 Å². The second-order valence-corrected chi connectivity index (χ2v) is 5.71. The summed E-state index contributed by atoms with van der Waals surface area (Å²) >= 11 is 0. The number of amidine groups is 1. The number of oxime groups is 1. The van der Waals surface area contributed by atoms with Crippen LogP contribution in [-0.4, -0.2) is 17.0 Å². The minimum absolute atomic E-state index is 0.0731. The number of hydrogen-bond donors (Lipinski definition) is 3. The van der Waals surface area contributed by atoms with Crippen LogP contribution >= 0.6 is 0 Å². The average Bonchev–Trinajstić information content (AvgIpc) is 3.02. The van der Waals surface area contributed by atoms with Crippen molar-refractivity contribution < 1.29 is 10.0 Å². The summed E-state index contributed by atoms with van der Waals surface area (Å²) in [5.74, 6) is 0.223. The number of carbonyl (C=O) groups excluding carboxylic acids is 1. The molecule has 5 heteroatoms. The van der Waals surface area contributed by atoms with Crippen LogP contribution in [0.4, 0.5) is 0 Å². The van der Waals surface area contributed by atoms with Gasteiger partial charge in [0.1, 0.15) is 0 Å². The van der Waals surface area contributed by atoms with Crippen molar-refractivity contribution >= 4 is 11.7 Å². The zero-order valence-corrected chi connectivity index (χ0v) is 12.4. The lowest BCUT2D eigenvalue weighted by molar-refractivity contribution is -0.131. The van der Waals surface area contributed by atoms with Crippen molar-refractivity contribution in [1.82, 2.24) is 5.32 Å². The molecule has 1 aliphatic rings. The Bertz CT molecular complexity index is 534. The Balaban J connectivity index is 2.01. The van der Waals surface area contributed by atoms with Gasteiger partial charge in [0.2, 0.25) is 5.91 Å². The Morgan fingerprint density at radius 2 is 2.14 bits per heavy atom. The summed E-state index contributed by atoms with van der Waals surface area (Å²) in [7, 11) is 0. The molecular weight excluding hydrogens is 266 g/mol. The van der Waals surface area contributed by atoms with Crippen LogP contribution in [0.3, 0.4) is 0 Å². The molecule has 0 saturated heterocycles. The first kappa shape index (κ1) is 15.4. The molecule has 114 valence electrons. The number of benzene rings is 1. The molecule has 4 N–H and O–H groups in total. The standard InChI is InChI=1S/C16H23N3O2/c1-2-16(8-3-4-9-16)15(20)18-11-12-6-5-7-13(10-12)14(17)19-21/h5-7,10,21H,2-4,8-9,11H2,1H3,(H2,17,19)(H,18,20). The fourth-order valence-corrected chi connectivity index (χ4v) is 3.06. The Kier molecular flexibility index (Phi) is 4.83. The van der Waals surface area contributed by atoms with E-state index in [1.807, 2.05) is 18.2 Å². The number of rotatable bonds is 5. The quantitative estimate of drug-likeness (QED) is 0.336. The Hall–Kier alpha value is -2.04. The van der Waals surface area contributed by atoms with Gasteiger partial charge in [-0.05, 0) is 30.9 Å². The van der Waals surface area contributed by atoms with Gasteiger partial charge in [0.05, 0.1) is 0 Å². The largest absolute Gasteiger partial charge is 0.409 e. The van der Waals surface area contributed by atoms with Crippen LogP contribution in [0.2, 0.25) is 0 Å². The number of hydrogen-bond acceptors (Lipinski definition) is 3. The molecular formula is C16H23N3O2. The molecule has 0 heterocycles. The maximum absolute atomic E-state index is 12.4. The second-order valence-electron chi connectivity index (χ2n) is 5.71. The molecule has 0 radical (unpaired) electrons. The van der Waals surface area contributed by atoms with E-state index in [1.165, 1.54) is 0 Å². The fraction of sp³-hybridized carbons (Fsp3) is 0.500. The summed E-state index contributed by atoms with van der Waals surface area (Å²) in [6, 6.07) is 7.34. The number of amides is 1. The third kappa shape index (κ3) is 3.35. The molecule has 1 aliphatic carbocycles. The van der Waals surface area contributed by atoms with Crippen molar-refractivity contribution in [3.8, 4) is 0 Å². The first-order chi connectivity index (χ1) is 10.1. The van der Waals surface area contributed by atoms with E-state index in [-0.39, 0.29) is 17.2 Å². The van der Waals surface area contributed by atoms with Gasteiger partial charge in [0, 0.05) is 17.5 Å². The zero-order valence-electron chi connectivity index (χ0n) is 12.4. The molecule has 2 rings (SSSR count). The monoisotopic (exact) mass is 289 g/mol. The first-order valence-corrected chi connectivity index (χ1v) is 7.46. The van der Waals surface area contributed by atoms with Crippen molar-refractivity contribution in [2.75, 3.05) is 0 Å². The van der Waals surface area contributed by atoms with Crippen LogP contribution < -0.4 is 11.1 Å². The van der Waals surface area contributed by atoms with Crippen LogP contribution in [0.25, 0.3) is 0 Å². The summed E-state index contributed by atoms with van der Waals surface area (Å²) in [5.41, 5.74) is 6.99. The molecule has 0 bridgehead atoms. The summed E-state index contributed by atoms with van der Waals surface area (Å²) < 4.78 is 0. The summed E-state index contributed by atoms with van der Waals surface area (Å²) in [6.45, 7) is 2.55. The molecule has 5 nitrogen and oxygen atoms in total. The van der Waals surface area contributed by atoms with Crippen LogP contribution in [0.1, 0.15) is 50.2 Å². The summed E-state index contributed by atoms with van der Waals surface area (Å²) in [6.07, 6.45) is 5.14. The third-order valence-corrected chi connectivity index (χ3v) is 4.50. The molecule has 1 aromatic rings. The molecule has 21 heavy (non-hydrogen) atoms. The highest BCUT2D eigenvalue weighted by Gasteiger charge is 2.38. The van der Waals surface area contributed by atoms with E-state index >= 15 is 0 Å². The maximum Gasteiger partial charge on any atom is 0.226 e. The number of carbonyl (C=O) groups is 1. The minimum Gasteiger partial charge on any atom is -0.409 e. The van der Waals surface area contributed by atoms with E-state index in [9.17, 15) is 4.79 Å². The molecule has 1 aromatic carbocycles. The van der Waals surface area contributed by atoms with E-state index in [4.69, 9.17) is 10.9 Å². The van der Waals surface area contributed by atoms with Gasteiger partial charge in [-0.3, -0.25) is 4.79 Å². The lowest BCUT2D eigenvalue weighted by atomic mass is 9.82. The Morgan fingerprint density at radius 3 is 2.76 bits per heavy atom. The molecule has 0 unspecified atom stereocenters. The zero-order chi connectivity index (χ0) is 15.3. The molecule has 1 amide bonds. The smallest absolute Gasteiger partial charge is 0.226 e. The highest BCUT2D eigenvalue weighted by Crippen LogP contribution is 2.41. The lowest BCUT2D eigenvalue weighted by Gasteiger charge is -2.26. The fourth-order valence-electron chi connectivity index (χ4n) is 3.06. The normalized spacial score (nSPS) is 17.7. The van der Waals surface area contributed by atoms with Crippen LogP contribution in [-0.2, 0) is 11.3 Å². The Labute approximate surface area is 125 Å². The van der Waals surface area contributed by atoms with Gasteiger partial charge in [-0.15, -0.1) is 0 Å². The van der Waals surface area contributed by atoms with Crippen LogP contribution in [0.5, 0.6) is 0 Å². The van der Waals surface area contributed by atoms with Crippen molar-refractivity contribution in [2.45, 2.75) is 45.6 Å². The van der Waals surface area contributed by atoms with E-state index in [1.54, 1.807) is 6.07 Å². The summed E-state index contributed by atoms with van der Waals surface area (Å²) in [4.78, 5) is 12.4. The first-order valence-electron chi connectivity index (χ1n) is 7.46. The van der Waals surface area contributed by atoms with Crippen molar-refractivity contribution in [3.05, 3.63) is 35.4 Å². The van der Waals surface area contributed by atoms with Gasteiger partial charge in [-0.25, -0.2) is 0 Å².